The lowest BCUT2D eigenvalue weighted by Crippen LogP contribution is -2.22. The van der Waals surface area contributed by atoms with Crippen LogP contribution in [0, 0.1) is 0 Å². The first kappa shape index (κ1) is 11.3. The second-order valence-corrected chi connectivity index (χ2v) is 3.54. The fraction of sp³-hybridized carbons (Fsp3) is 0.250. The largest absolute Gasteiger partial charge is 0.402 e. The maximum atomic E-state index is 10.8. The normalized spacial score (nSPS) is 10.8. The molecule has 0 saturated heterocycles. The monoisotopic (exact) mass is 197 g/mol. The Balaban J connectivity index is 3.97. The zero-order valence-corrected chi connectivity index (χ0v) is 6.86. The number of hydrogen-bond acceptors (Lipinski definition) is 6. The Kier molecular flexibility index (Phi) is 4.72. The van der Waals surface area contributed by atoms with Crippen LogP contribution in [-0.2, 0) is 18.7 Å². The van der Waals surface area contributed by atoms with Gasteiger partial charge in [-0.1, -0.05) is 6.58 Å². The van der Waals surface area contributed by atoms with Crippen molar-refractivity contribution in [2.45, 2.75) is 0 Å². The number of hydrogen-bond donors (Lipinski definition) is 3. The topological polar surface area (TPSA) is 105 Å². The predicted molar refractivity (Wildman–Crippen MR) is 38.2 cm³/mol. The van der Waals surface area contributed by atoms with E-state index in [0.29, 0.717) is 0 Å². The zero-order valence-electron chi connectivity index (χ0n) is 5.97. The summed E-state index contributed by atoms with van der Waals surface area (Å²) in [5.41, 5.74) is 0. The van der Waals surface area contributed by atoms with Crippen molar-refractivity contribution < 1.29 is 29.2 Å². The maximum Gasteiger partial charge on any atom is 0.402 e. The molecule has 0 spiro atoms. The van der Waals surface area contributed by atoms with Gasteiger partial charge in [-0.05, 0) is 6.08 Å². The van der Waals surface area contributed by atoms with Crippen molar-refractivity contribution in [2.24, 2.45) is 0 Å². The summed E-state index contributed by atoms with van der Waals surface area (Å²) in [5, 5.41) is 17.9. The van der Waals surface area contributed by atoms with E-state index in [4.69, 9.17) is 10.5 Å². The van der Waals surface area contributed by atoms with Gasteiger partial charge >= 0.3 is 7.60 Å². The lowest BCUT2D eigenvalue weighted by molar-refractivity contribution is -0.208. The van der Waals surface area contributed by atoms with E-state index < -0.39 is 19.8 Å². The Hall–Kier alpha value is -0.720. The van der Waals surface area contributed by atoms with E-state index in [9.17, 15) is 9.36 Å². The Morgan fingerprint density at radius 2 is 2.08 bits per heavy atom. The molecule has 0 aromatic heterocycles. The molecule has 7 nitrogen and oxygen atoms in total. The second kappa shape index (κ2) is 5.02. The van der Waals surface area contributed by atoms with Gasteiger partial charge in [-0.3, -0.25) is 9.36 Å². The highest BCUT2D eigenvalue weighted by atomic mass is 31.2. The third-order valence-electron chi connectivity index (χ3n) is 0.881. The molecule has 0 atom stereocenters. The fourth-order valence-electron chi connectivity index (χ4n) is 0.320. The minimum Gasteiger partial charge on any atom is -0.341 e. The maximum absolute atomic E-state index is 10.8. The molecule has 0 radical (unpaired) electrons. The van der Waals surface area contributed by atoms with E-state index in [1.165, 1.54) is 0 Å². The molecule has 12 heavy (non-hydrogen) atoms. The van der Waals surface area contributed by atoms with Gasteiger partial charge in [0.15, 0.2) is 0 Å². The molecule has 0 bridgehead atoms. The summed E-state index contributed by atoms with van der Waals surface area (Å²) >= 11 is 0. The van der Waals surface area contributed by atoms with Gasteiger partial charge in [-0.2, -0.15) is 0 Å². The van der Waals surface area contributed by atoms with Crippen LogP contribution < -0.4 is 5.32 Å². The smallest absolute Gasteiger partial charge is 0.341 e. The summed E-state index contributed by atoms with van der Waals surface area (Å²) in [6, 6.07) is 0. The first-order chi connectivity index (χ1) is 5.58. The Morgan fingerprint density at radius 3 is 2.42 bits per heavy atom. The molecular formula is C4H8NO6P. The highest BCUT2D eigenvalue weighted by Crippen LogP contribution is 2.44. The summed E-state index contributed by atoms with van der Waals surface area (Å²) in [7, 11) is -4.02. The third kappa shape index (κ3) is 3.61. The quantitative estimate of drug-likeness (QED) is 0.255. The molecule has 0 aliphatic heterocycles. The van der Waals surface area contributed by atoms with E-state index in [0.717, 1.165) is 6.08 Å². The van der Waals surface area contributed by atoms with Crippen LogP contribution in [-0.4, -0.2) is 22.7 Å². The van der Waals surface area contributed by atoms with E-state index in [-0.39, 0.29) is 0 Å². The molecule has 0 aromatic rings. The van der Waals surface area contributed by atoms with Crippen molar-refractivity contribution in [3.05, 3.63) is 12.7 Å². The molecule has 8 heteroatoms. The van der Waals surface area contributed by atoms with Gasteiger partial charge in [-0.25, -0.2) is 10.5 Å². The predicted octanol–water partition coefficient (Wildman–Crippen LogP) is 0.418. The van der Waals surface area contributed by atoms with E-state index in [1.807, 2.05) is 5.32 Å². The SMILES string of the molecule is C=CC(=O)NCP(=O)(OO)OO. The van der Waals surface area contributed by atoms with Gasteiger partial charge in [0.25, 0.3) is 0 Å². The summed E-state index contributed by atoms with van der Waals surface area (Å²) in [4.78, 5) is 10.5. The Morgan fingerprint density at radius 1 is 1.58 bits per heavy atom. The highest BCUT2D eigenvalue weighted by molar-refractivity contribution is 7.53. The number of amides is 1. The van der Waals surface area contributed by atoms with E-state index >= 15 is 0 Å². The standard InChI is InChI=1S/C4H8NO6P/c1-2-4(6)5-3-12(9,10-7)11-8/h2,7-8H,1,3H2,(H,5,6). The van der Waals surface area contributed by atoms with Crippen molar-refractivity contribution in [3.8, 4) is 0 Å². The minimum atomic E-state index is -4.02. The molecule has 0 heterocycles. The molecule has 70 valence electrons. The molecule has 0 saturated carbocycles. The number of carbonyl (C=O) groups excluding carboxylic acids is 1. The average molecular weight is 197 g/mol. The fourth-order valence-corrected chi connectivity index (χ4v) is 0.814. The molecule has 0 fully saturated rings. The summed E-state index contributed by atoms with van der Waals surface area (Å²) in [6.07, 6.45) is 0.268. The first-order valence-electron chi connectivity index (χ1n) is 2.73. The molecule has 1 amide bonds. The zero-order chi connectivity index (χ0) is 9.61. The van der Waals surface area contributed by atoms with Crippen LogP contribution in [0.5, 0.6) is 0 Å². The van der Waals surface area contributed by atoms with Crippen LogP contribution in [0.2, 0.25) is 0 Å². The average Bonchev–Trinajstić information content (AvgIpc) is 2.13. The Labute approximate surface area is 68.0 Å². The van der Waals surface area contributed by atoms with Crippen molar-refractivity contribution in [1.29, 1.82) is 0 Å². The first-order valence-corrected chi connectivity index (χ1v) is 4.46. The molecule has 3 N–H and O–H groups in total. The van der Waals surface area contributed by atoms with Gasteiger partial charge in [0, 0.05) is 0 Å². The lowest BCUT2D eigenvalue weighted by Gasteiger charge is -2.08. The Bertz CT molecular complexity index is 208. The number of nitrogens with one attached hydrogen (secondary N) is 1. The van der Waals surface area contributed by atoms with Gasteiger partial charge in [0.2, 0.25) is 5.91 Å². The van der Waals surface area contributed by atoms with Gasteiger partial charge in [-0.15, -0.1) is 9.35 Å². The van der Waals surface area contributed by atoms with Crippen LogP contribution in [0.1, 0.15) is 0 Å². The summed E-state index contributed by atoms with van der Waals surface area (Å²) < 4.78 is 17.4. The van der Waals surface area contributed by atoms with Crippen molar-refractivity contribution in [2.75, 3.05) is 6.29 Å². The summed E-state index contributed by atoms with van der Waals surface area (Å²) in [5.74, 6) is -0.635. The molecule has 0 aliphatic carbocycles. The van der Waals surface area contributed by atoms with Crippen LogP contribution in [0.3, 0.4) is 0 Å². The highest BCUT2D eigenvalue weighted by Gasteiger charge is 2.25. The van der Waals surface area contributed by atoms with Gasteiger partial charge in [0.1, 0.15) is 6.29 Å². The van der Waals surface area contributed by atoms with Crippen LogP contribution >= 0.6 is 7.60 Å². The molecular weight excluding hydrogens is 189 g/mol. The third-order valence-corrected chi connectivity index (χ3v) is 1.92. The number of rotatable bonds is 5. The van der Waals surface area contributed by atoms with Crippen LogP contribution in [0.15, 0.2) is 12.7 Å². The second-order valence-electron chi connectivity index (χ2n) is 1.68. The minimum absolute atomic E-state index is 0.635. The van der Waals surface area contributed by atoms with E-state index in [1.54, 1.807) is 0 Å². The van der Waals surface area contributed by atoms with Crippen molar-refractivity contribution in [1.82, 2.24) is 5.32 Å². The van der Waals surface area contributed by atoms with E-state index in [2.05, 4.69) is 15.9 Å². The molecule has 0 unspecified atom stereocenters. The number of carbonyl (C=O) groups is 1. The van der Waals surface area contributed by atoms with Gasteiger partial charge in [0.05, 0.1) is 0 Å². The summed E-state index contributed by atoms with van der Waals surface area (Å²) in [6.45, 7) is 3.10. The van der Waals surface area contributed by atoms with Crippen molar-refractivity contribution >= 4 is 13.5 Å². The molecule has 0 rings (SSSR count). The van der Waals surface area contributed by atoms with Crippen LogP contribution in [0.25, 0.3) is 0 Å². The van der Waals surface area contributed by atoms with Gasteiger partial charge < -0.3 is 5.32 Å². The lowest BCUT2D eigenvalue weighted by atomic mass is 10.6. The molecule has 0 aromatic carbocycles. The van der Waals surface area contributed by atoms with Crippen molar-refractivity contribution in [3.63, 3.8) is 0 Å². The van der Waals surface area contributed by atoms with Crippen LogP contribution in [0.4, 0.5) is 0 Å². The molecule has 0 aliphatic rings.